The zero-order valence-electron chi connectivity index (χ0n) is 29.4. The van der Waals surface area contributed by atoms with Crippen molar-refractivity contribution in [3.8, 4) is 0 Å². The molecule has 4 heterocycles. The van der Waals surface area contributed by atoms with E-state index in [1.165, 1.54) is 20.8 Å². The van der Waals surface area contributed by atoms with Crippen molar-refractivity contribution in [1.29, 1.82) is 0 Å². The minimum atomic E-state index is -1.56. The molecule has 2 bridgehead atoms. The summed E-state index contributed by atoms with van der Waals surface area (Å²) in [7, 11) is 0. The molecule has 0 radical (unpaired) electrons. The Morgan fingerprint density at radius 3 is 2.17 bits per heavy atom. The molecule has 1 aromatic carbocycles. The lowest BCUT2D eigenvalue weighted by Gasteiger charge is -2.30. The number of H-pyrrole nitrogens is 1. The summed E-state index contributed by atoms with van der Waals surface area (Å²) in [5.41, 5.74) is 1.31. The van der Waals surface area contributed by atoms with E-state index >= 15 is 0 Å². The molecule has 0 spiro atoms. The number of carbonyl (C=O) groups is 7. The summed E-state index contributed by atoms with van der Waals surface area (Å²) in [5.74, 6) is -5.38. The van der Waals surface area contributed by atoms with E-state index in [0.29, 0.717) is 22.5 Å². The van der Waals surface area contributed by atoms with Crippen LogP contribution < -0.4 is 31.9 Å². The van der Waals surface area contributed by atoms with Crippen molar-refractivity contribution in [2.24, 2.45) is 0 Å². The van der Waals surface area contributed by atoms with Gasteiger partial charge in [0, 0.05) is 36.0 Å². The smallest absolute Gasteiger partial charge is 0.246 e. The number of thioether (sulfide) groups is 1. The topological polar surface area (TPSA) is 251 Å². The number of aliphatic hydroxyl groups is 2. The Labute approximate surface area is 304 Å². The minimum absolute atomic E-state index is 0.0696. The second-order valence-corrected chi connectivity index (χ2v) is 14.6. The maximum atomic E-state index is 14.3. The summed E-state index contributed by atoms with van der Waals surface area (Å²) in [5, 5.41) is 38.1. The predicted molar refractivity (Wildman–Crippen MR) is 188 cm³/mol. The Morgan fingerprint density at radius 2 is 1.48 bits per heavy atom. The van der Waals surface area contributed by atoms with E-state index in [2.05, 4.69) is 36.9 Å². The first-order valence-corrected chi connectivity index (χ1v) is 18.4. The highest BCUT2D eigenvalue weighted by Gasteiger charge is 2.43. The van der Waals surface area contributed by atoms with Crippen molar-refractivity contribution in [3.63, 3.8) is 0 Å². The molecule has 1 fully saturated rings. The Hall–Kier alpha value is -4.68. The van der Waals surface area contributed by atoms with Crippen LogP contribution in [0, 0.1) is 0 Å². The molecule has 0 aliphatic carbocycles. The van der Waals surface area contributed by atoms with Gasteiger partial charge in [0.05, 0.1) is 17.2 Å². The van der Waals surface area contributed by atoms with Gasteiger partial charge in [-0.25, -0.2) is 0 Å². The average Bonchev–Trinajstić information content (AvgIpc) is 3.66. The van der Waals surface area contributed by atoms with Gasteiger partial charge in [-0.3, -0.25) is 33.6 Å². The average molecular weight is 743 g/mol. The van der Waals surface area contributed by atoms with E-state index in [-0.39, 0.29) is 31.6 Å². The lowest BCUT2D eigenvalue weighted by atomic mass is 10.0. The third kappa shape index (κ3) is 8.50. The number of para-hydroxylation sites is 1. The molecule has 17 nitrogen and oxygen atoms in total. The second-order valence-electron chi connectivity index (χ2n) is 13.5. The first-order valence-electron chi connectivity index (χ1n) is 17.4. The van der Waals surface area contributed by atoms with Gasteiger partial charge in [0.2, 0.25) is 41.4 Å². The maximum Gasteiger partial charge on any atom is 0.246 e. The van der Waals surface area contributed by atoms with Crippen LogP contribution in [0.15, 0.2) is 29.3 Å². The van der Waals surface area contributed by atoms with Gasteiger partial charge in [0.1, 0.15) is 42.3 Å². The van der Waals surface area contributed by atoms with Crippen molar-refractivity contribution >= 4 is 64.0 Å². The summed E-state index contributed by atoms with van der Waals surface area (Å²) >= 11 is 1.14. The highest BCUT2D eigenvalue weighted by atomic mass is 32.2. The molecule has 1 aromatic heterocycles. The molecule has 7 amide bonds. The number of aliphatic hydroxyl groups excluding tert-OH is 2. The number of aromatic nitrogens is 1. The second kappa shape index (κ2) is 16.3. The molecule has 9 atom stereocenters. The number of fused-ring (bicyclic) bond motifs is 5. The fourth-order valence-corrected chi connectivity index (χ4v) is 7.70. The molecule has 1 saturated heterocycles. The predicted octanol–water partition coefficient (Wildman–Crippen LogP) is -2.08. The number of hydrogen-bond donors (Lipinski definition) is 9. The van der Waals surface area contributed by atoms with Crippen LogP contribution in [0.25, 0.3) is 10.9 Å². The molecule has 9 unspecified atom stereocenters. The first kappa shape index (κ1) is 38.5. The lowest BCUT2D eigenvalue weighted by Crippen LogP contribution is -2.61. The van der Waals surface area contributed by atoms with E-state index in [1.54, 1.807) is 13.0 Å². The van der Waals surface area contributed by atoms with Crippen LogP contribution >= 0.6 is 11.8 Å². The largest absolute Gasteiger partial charge is 0.391 e. The van der Waals surface area contributed by atoms with E-state index in [1.807, 2.05) is 18.2 Å². The SMILES string of the molecule is CCCC1NC(=O)C2Cc3c([nH]c4ccccc34)SCC(NC(=O)C(C(C)O)NC(=O)C(C)NC1=O)C(=O)N1CC(O)CC1C(=O)NC(C)C(=O)N2. The number of amides is 7. The molecule has 3 aliphatic rings. The van der Waals surface area contributed by atoms with E-state index in [0.717, 1.165) is 22.0 Å². The van der Waals surface area contributed by atoms with Gasteiger partial charge < -0.3 is 52.0 Å². The number of carbonyl (C=O) groups excluding carboxylic acids is 7. The highest BCUT2D eigenvalue weighted by molar-refractivity contribution is 7.99. The van der Waals surface area contributed by atoms with Gasteiger partial charge in [-0.2, -0.15) is 0 Å². The summed E-state index contributed by atoms with van der Waals surface area (Å²) in [6, 6.07) is -1.62. The van der Waals surface area contributed by atoms with Crippen LogP contribution in [-0.2, 0) is 40.0 Å². The number of nitrogens with one attached hydrogen (secondary N) is 7. The summed E-state index contributed by atoms with van der Waals surface area (Å²) < 4.78 is 0. The zero-order chi connectivity index (χ0) is 37.9. The van der Waals surface area contributed by atoms with E-state index in [4.69, 9.17) is 0 Å². The molecule has 282 valence electrons. The van der Waals surface area contributed by atoms with Gasteiger partial charge in [-0.05, 0) is 38.8 Å². The number of benzene rings is 1. The summed E-state index contributed by atoms with van der Waals surface area (Å²) in [4.78, 5) is 101. The van der Waals surface area contributed by atoms with E-state index < -0.39 is 95.9 Å². The quantitative estimate of drug-likeness (QED) is 0.166. The van der Waals surface area contributed by atoms with E-state index in [9.17, 15) is 43.8 Å². The molecule has 9 N–H and O–H groups in total. The van der Waals surface area contributed by atoms with Gasteiger partial charge >= 0.3 is 0 Å². The molecule has 5 rings (SSSR count). The Morgan fingerprint density at radius 1 is 0.827 bits per heavy atom. The molecular weight excluding hydrogens is 696 g/mol. The fraction of sp³-hybridized carbons (Fsp3) is 0.559. The number of aromatic amines is 1. The van der Waals surface area contributed by atoms with Crippen molar-refractivity contribution in [3.05, 3.63) is 29.8 Å². The van der Waals surface area contributed by atoms with Crippen molar-refractivity contribution in [2.45, 2.75) is 113 Å². The van der Waals surface area contributed by atoms with Gasteiger partial charge in [-0.15, -0.1) is 11.8 Å². The Bertz CT molecular complexity index is 1730. The molecule has 3 aliphatic heterocycles. The third-order valence-corrected chi connectivity index (χ3v) is 10.6. The van der Waals surface area contributed by atoms with Gasteiger partial charge in [0.25, 0.3) is 0 Å². The van der Waals surface area contributed by atoms with Gasteiger partial charge in [0.15, 0.2) is 0 Å². The molecule has 2 aromatic rings. The standard InChI is InChI=1S/C34H46N8O9S/c1-5-8-22-29(47)35-16(3)28(46)41-26(17(4)43)32(50)39-24-14-52-33-20(19-9-6-7-10-21(19)40-33)12-23(30(48)37-22)38-27(45)15(2)36-31(49)25-11-18(44)13-42(25)34(24)51/h6-7,9-10,15-18,22-26,40,43-44H,5,8,11-14H2,1-4H3,(H,35,47)(H,36,49)(H,37,48)(H,38,45)(H,39,50)(H,41,46). The normalized spacial score (nSPS) is 30.6. The molecule has 52 heavy (non-hydrogen) atoms. The summed E-state index contributed by atoms with van der Waals surface area (Å²) in [6.45, 7) is 5.64. The van der Waals surface area contributed by atoms with Crippen molar-refractivity contribution in [1.82, 2.24) is 41.8 Å². The van der Waals surface area contributed by atoms with Gasteiger partial charge in [-0.1, -0.05) is 31.5 Å². The zero-order valence-corrected chi connectivity index (χ0v) is 30.2. The van der Waals surface area contributed by atoms with Crippen molar-refractivity contribution < 1.29 is 43.8 Å². The number of hydrogen-bond acceptors (Lipinski definition) is 10. The first-order chi connectivity index (χ1) is 24.7. The molecule has 18 heteroatoms. The monoisotopic (exact) mass is 742 g/mol. The number of nitrogens with zero attached hydrogens (tertiary/aromatic N) is 1. The minimum Gasteiger partial charge on any atom is -0.391 e. The van der Waals surface area contributed by atoms with Crippen LogP contribution in [0.4, 0.5) is 0 Å². The maximum absolute atomic E-state index is 14.3. The lowest BCUT2D eigenvalue weighted by molar-refractivity contribution is -0.142. The Kier molecular flexibility index (Phi) is 12.1. The highest BCUT2D eigenvalue weighted by Crippen LogP contribution is 2.32. The third-order valence-electron chi connectivity index (χ3n) is 9.47. The Balaban J connectivity index is 1.67. The summed E-state index contributed by atoms with van der Waals surface area (Å²) in [6.07, 6.45) is -2.07. The fourth-order valence-electron chi connectivity index (χ4n) is 6.59. The van der Waals surface area contributed by atoms with Crippen LogP contribution in [-0.4, -0.2) is 128 Å². The van der Waals surface area contributed by atoms with Crippen LogP contribution in [0.1, 0.15) is 52.5 Å². The number of rotatable bonds is 3. The van der Waals surface area contributed by atoms with Crippen LogP contribution in [0.2, 0.25) is 0 Å². The van der Waals surface area contributed by atoms with Crippen LogP contribution in [0.5, 0.6) is 0 Å². The molecule has 0 saturated carbocycles. The van der Waals surface area contributed by atoms with Crippen LogP contribution in [0.3, 0.4) is 0 Å². The van der Waals surface area contributed by atoms with Crippen molar-refractivity contribution in [2.75, 3.05) is 12.3 Å². The molecular formula is C34H46N8O9S.